The van der Waals surface area contributed by atoms with Gasteiger partial charge in [-0.05, 0) is 97.8 Å². The third kappa shape index (κ3) is 8.91. The highest BCUT2D eigenvalue weighted by atomic mass is 35.5. The van der Waals surface area contributed by atoms with Crippen LogP contribution in [0.1, 0.15) is 101 Å². The number of phenols is 2. The number of anilines is 4. The molecule has 6 aromatic rings. The number of unbranched alkanes of at least 4 members (excludes halogenated alkanes) is 4. The van der Waals surface area contributed by atoms with E-state index in [0.29, 0.717) is 22.9 Å². The summed E-state index contributed by atoms with van der Waals surface area (Å²) in [5.41, 5.74) is 3.22. The molecule has 0 radical (unpaired) electrons. The highest BCUT2D eigenvalue weighted by molar-refractivity contribution is 6.34. The first-order valence-corrected chi connectivity index (χ1v) is 20.4. The number of rotatable bonds is 16. The molecule has 4 N–H and O–H groups in total. The van der Waals surface area contributed by atoms with Crippen molar-refractivity contribution < 1.29 is 33.7 Å². The highest BCUT2D eigenvalue weighted by Crippen LogP contribution is 2.51. The first-order chi connectivity index (χ1) is 28.6. The molecular formula is C49H46ClFN2O6. The van der Waals surface area contributed by atoms with Gasteiger partial charge in [-0.2, -0.15) is 0 Å². The number of hydrogen-bond acceptors (Lipinski definition) is 8. The fraction of sp³-hybridized carbons (Fsp3) is 0.224. The van der Waals surface area contributed by atoms with E-state index in [9.17, 15) is 24.2 Å². The molecular weight excluding hydrogens is 767 g/mol. The lowest BCUT2D eigenvalue weighted by Gasteiger charge is -2.27. The van der Waals surface area contributed by atoms with Gasteiger partial charge < -0.3 is 30.3 Å². The van der Waals surface area contributed by atoms with Crippen molar-refractivity contribution in [2.75, 3.05) is 10.6 Å². The topological polar surface area (TPSA) is 117 Å². The van der Waals surface area contributed by atoms with Gasteiger partial charge in [-0.25, -0.2) is 4.39 Å². The number of aromatic hydroxyl groups is 2. The number of ether oxygens (including phenoxy) is 2. The standard InChI is InChI=1S/C49H46ClFN2O6/c1-4-6-8-13-30-16-21-33(22-17-30)58-40-27-38(52-32-20-25-36(51)35(50)26-32)42-44(46(40)54)49(57)43-39(53-37-15-11-10-12-29(37)3)28-41(47(55)45(43)48(42)56)59-34-23-18-31(19-24-34)14-9-7-5-2/h10-12,15-28,52-55H,4-9,13-14H2,1-3H3. The van der Waals surface area contributed by atoms with Crippen molar-refractivity contribution in [3.8, 4) is 34.5 Å². The van der Waals surface area contributed by atoms with E-state index >= 15 is 0 Å². The van der Waals surface area contributed by atoms with Crippen LogP contribution in [-0.2, 0) is 12.8 Å². The zero-order valence-electron chi connectivity index (χ0n) is 33.3. The summed E-state index contributed by atoms with van der Waals surface area (Å²) in [5, 5.41) is 30.0. The molecule has 0 fully saturated rings. The van der Waals surface area contributed by atoms with Gasteiger partial charge in [0.1, 0.15) is 17.3 Å². The van der Waals surface area contributed by atoms with Crippen LogP contribution in [0, 0.1) is 12.7 Å². The molecule has 1 aliphatic carbocycles. The van der Waals surface area contributed by atoms with Crippen molar-refractivity contribution in [2.45, 2.75) is 72.1 Å². The van der Waals surface area contributed by atoms with E-state index in [1.54, 1.807) is 24.3 Å². The van der Waals surface area contributed by atoms with E-state index in [4.69, 9.17) is 21.1 Å². The van der Waals surface area contributed by atoms with Crippen LogP contribution in [0.15, 0.2) is 103 Å². The van der Waals surface area contributed by atoms with Crippen LogP contribution in [0.3, 0.4) is 0 Å². The third-order valence-corrected chi connectivity index (χ3v) is 10.8. The Hall–Kier alpha value is -6.32. The SMILES string of the molecule is CCCCCc1ccc(Oc2cc(Nc3ccc(F)c(Cl)c3)c3c(c2O)C(=O)c2c(Nc4ccccc4C)cc(Oc4ccc(CCCCC)cc4)c(O)c2C3=O)cc1. The van der Waals surface area contributed by atoms with Gasteiger partial charge in [-0.1, -0.05) is 93.6 Å². The largest absolute Gasteiger partial charge is 0.504 e. The van der Waals surface area contributed by atoms with Gasteiger partial charge >= 0.3 is 0 Å². The van der Waals surface area contributed by atoms with Crippen molar-refractivity contribution >= 4 is 45.9 Å². The minimum Gasteiger partial charge on any atom is -0.504 e. The lowest BCUT2D eigenvalue weighted by molar-refractivity contribution is 0.0974. The normalized spacial score (nSPS) is 11.9. The van der Waals surface area contributed by atoms with E-state index in [0.717, 1.165) is 74.1 Å². The predicted molar refractivity (Wildman–Crippen MR) is 232 cm³/mol. The average Bonchev–Trinajstić information content (AvgIpc) is 3.22. The minimum atomic E-state index is -0.773. The maximum Gasteiger partial charge on any atom is 0.200 e. The van der Waals surface area contributed by atoms with E-state index in [2.05, 4.69) is 24.5 Å². The molecule has 0 atom stereocenters. The summed E-state index contributed by atoms with van der Waals surface area (Å²) in [7, 11) is 0. The molecule has 59 heavy (non-hydrogen) atoms. The van der Waals surface area contributed by atoms with E-state index in [1.807, 2.05) is 55.5 Å². The monoisotopic (exact) mass is 812 g/mol. The molecule has 0 aromatic heterocycles. The minimum absolute atomic E-state index is 0.0495. The number of ketones is 2. The molecule has 7 rings (SSSR count). The molecule has 0 unspecified atom stereocenters. The average molecular weight is 813 g/mol. The number of benzene rings is 6. The molecule has 8 nitrogen and oxygen atoms in total. The van der Waals surface area contributed by atoms with Gasteiger partial charge in [0.05, 0.1) is 38.7 Å². The van der Waals surface area contributed by atoms with Crippen LogP contribution in [0.4, 0.5) is 27.1 Å². The molecule has 10 heteroatoms. The number of fused-ring (bicyclic) bond motifs is 2. The maximum atomic E-state index is 15.0. The van der Waals surface area contributed by atoms with Crippen LogP contribution in [0.2, 0.25) is 5.02 Å². The predicted octanol–water partition coefficient (Wildman–Crippen LogP) is 13.5. The molecule has 0 aliphatic heterocycles. The van der Waals surface area contributed by atoms with Gasteiger partial charge in [0.15, 0.2) is 23.0 Å². The van der Waals surface area contributed by atoms with E-state index in [1.165, 1.54) is 24.3 Å². The molecule has 0 saturated carbocycles. The van der Waals surface area contributed by atoms with E-state index < -0.39 is 28.9 Å². The summed E-state index contributed by atoms with van der Waals surface area (Å²) in [4.78, 5) is 29.9. The lowest BCUT2D eigenvalue weighted by Crippen LogP contribution is -2.24. The summed E-state index contributed by atoms with van der Waals surface area (Å²) in [5.74, 6) is -2.67. The van der Waals surface area contributed by atoms with Crippen molar-refractivity contribution in [3.05, 3.63) is 153 Å². The molecule has 0 heterocycles. The number of hydrogen-bond donors (Lipinski definition) is 4. The zero-order chi connectivity index (χ0) is 41.6. The fourth-order valence-corrected chi connectivity index (χ4v) is 7.44. The molecule has 0 spiro atoms. The highest BCUT2D eigenvalue weighted by Gasteiger charge is 2.41. The summed E-state index contributed by atoms with van der Waals surface area (Å²) in [6, 6.07) is 29.2. The molecule has 1 aliphatic rings. The van der Waals surface area contributed by atoms with Gasteiger partial charge in [0.2, 0.25) is 11.6 Å². The molecule has 0 saturated heterocycles. The molecule has 302 valence electrons. The van der Waals surface area contributed by atoms with Crippen LogP contribution in [0.25, 0.3) is 0 Å². The van der Waals surface area contributed by atoms with Crippen molar-refractivity contribution in [1.82, 2.24) is 0 Å². The van der Waals surface area contributed by atoms with Crippen molar-refractivity contribution in [1.29, 1.82) is 0 Å². The van der Waals surface area contributed by atoms with Gasteiger partial charge in [0.25, 0.3) is 0 Å². The smallest absolute Gasteiger partial charge is 0.200 e. The number of phenolic OH excluding ortho intramolecular Hbond substituents is 2. The molecule has 6 aromatic carbocycles. The Labute approximate surface area is 348 Å². The molecule has 0 bridgehead atoms. The zero-order valence-corrected chi connectivity index (χ0v) is 34.0. The Morgan fingerprint density at radius 1 is 0.593 bits per heavy atom. The summed E-state index contributed by atoms with van der Waals surface area (Å²) >= 11 is 6.14. The quantitative estimate of drug-likeness (QED) is 0.0563. The van der Waals surface area contributed by atoms with Gasteiger partial charge in [-0.15, -0.1) is 0 Å². The second-order valence-electron chi connectivity index (χ2n) is 14.8. The van der Waals surface area contributed by atoms with Crippen molar-refractivity contribution in [2.24, 2.45) is 0 Å². The van der Waals surface area contributed by atoms with Crippen LogP contribution < -0.4 is 20.1 Å². The first-order valence-electron chi connectivity index (χ1n) is 20.0. The molecule has 0 amide bonds. The second kappa shape index (κ2) is 18.1. The van der Waals surface area contributed by atoms with Crippen LogP contribution in [-0.4, -0.2) is 21.8 Å². The number of aryl methyl sites for hydroxylation is 3. The maximum absolute atomic E-state index is 15.0. The third-order valence-electron chi connectivity index (χ3n) is 10.5. The van der Waals surface area contributed by atoms with E-state index in [-0.39, 0.29) is 50.2 Å². The van der Waals surface area contributed by atoms with Crippen LogP contribution in [0.5, 0.6) is 34.5 Å². The number of halogens is 2. The summed E-state index contributed by atoms with van der Waals surface area (Å²) in [6.07, 6.45) is 8.42. The van der Waals surface area contributed by atoms with Crippen molar-refractivity contribution in [3.63, 3.8) is 0 Å². The number of nitrogens with one attached hydrogen (secondary N) is 2. The second-order valence-corrected chi connectivity index (χ2v) is 15.2. The lowest BCUT2D eigenvalue weighted by atomic mass is 9.80. The Morgan fingerprint density at radius 3 is 1.56 bits per heavy atom. The summed E-state index contributed by atoms with van der Waals surface area (Å²) < 4.78 is 26.7. The fourth-order valence-electron chi connectivity index (χ4n) is 7.26. The number of carbonyl (C=O) groups excluding carboxylic acids is 2. The number of carbonyl (C=O) groups is 2. The Morgan fingerprint density at radius 2 is 1.08 bits per heavy atom. The van der Waals surface area contributed by atoms with Gasteiger partial charge in [-0.3, -0.25) is 9.59 Å². The Balaban J connectivity index is 1.35. The van der Waals surface area contributed by atoms with Crippen LogP contribution >= 0.6 is 11.6 Å². The Kier molecular flexibility index (Phi) is 12.5. The van der Waals surface area contributed by atoms with Gasteiger partial charge in [0, 0.05) is 23.5 Å². The Bertz CT molecular complexity index is 2520. The first kappa shape index (κ1) is 40.9. The number of para-hydroxylation sites is 1. The summed E-state index contributed by atoms with van der Waals surface area (Å²) in [6.45, 7) is 6.20.